The molecule has 0 saturated heterocycles. The van der Waals surface area contributed by atoms with Gasteiger partial charge >= 0.3 is 5.97 Å². The van der Waals surface area contributed by atoms with Crippen LogP contribution in [0.2, 0.25) is 0 Å². The molecule has 0 aromatic carbocycles. The minimum Gasteiger partial charge on any atom is -0.462 e. The number of nitrogens with one attached hydrogen (secondary N) is 1. The molecule has 2 heterocycles. The van der Waals surface area contributed by atoms with Crippen LogP contribution < -0.4 is 5.32 Å². The molecular formula is C17H21N3O4S. The van der Waals surface area contributed by atoms with Crippen molar-refractivity contribution in [2.45, 2.75) is 40.7 Å². The van der Waals surface area contributed by atoms with Gasteiger partial charge in [0.05, 0.1) is 22.7 Å². The number of nitrogens with zero attached hydrogens (tertiary/aromatic N) is 2. The number of amides is 1. The largest absolute Gasteiger partial charge is 0.462 e. The number of aromatic nitrogens is 2. The van der Waals surface area contributed by atoms with E-state index in [0.717, 1.165) is 17.0 Å². The fraction of sp³-hybridized carbons (Fsp3) is 0.412. The Kier molecular flexibility index (Phi) is 6.08. The van der Waals surface area contributed by atoms with Crippen LogP contribution in [0.1, 0.15) is 51.6 Å². The summed E-state index contributed by atoms with van der Waals surface area (Å²) in [6, 6.07) is 1.86. The van der Waals surface area contributed by atoms with Gasteiger partial charge in [0.15, 0.2) is 5.78 Å². The van der Waals surface area contributed by atoms with Gasteiger partial charge in [-0.15, -0.1) is 11.3 Å². The molecule has 0 radical (unpaired) electrons. The molecule has 0 spiro atoms. The molecule has 1 amide bonds. The molecule has 0 aliphatic carbocycles. The molecule has 1 N–H and O–H groups in total. The highest BCUT2D eigenvalue weighted by molar-refractivity contribution is 7.18. The highest BCUT2D eigenvalue weighted by Crippen LogP contribution is 2.34. The second kappa shape index (κ2) is 8.06. The van der Waals surface area contributed by atoms with E-state index in [1.807, 2.05) is 13.0 Å². The molecule has 0 atom stereocenters. The lowest BCUT2D eigenvalue weighted by Gasteiger charge is -2.07. The van der Waals surface area contributed by atoms with Crippen LogP contribution in [0.3, 0.4) is 0 Å². The van der Waals surface area contributed by atoms with Crippen molar-refractivity contribution < 1.29 is 19.1 Å². The van der Waals surface area contributed by atoms with Crippen LogP contribution >= 0.6 is 11.3 Å². The van der Waals surface area contributed by atoms with E-state index in [4.69, 9.17) is 4.74 Å². The van der Waals surface area contributed by atoms with Gasteiger partial charge in [0.1, 0.15) is 5.00 Å². The van der Waals surface area contributed by atoms with Gasteiger partial charge in [0, 0.05) is 19.2 Å². The Hall–Kier alpha value is -2.48. The number of carbonyl (C=O) groups excluding carboxylic acids is 3. The highest BCUT2D eigenvalue weighted by atomic mass is 32.1. The highest BCUT2D eigenvalue weighted by Gasteiger charge is 2.25. The maximum atomic E-state index is 12.2. The van der Waals surface area contributed by atoms with Crippen molar-refractivity contribution in [3.05, 3.63) is 34.0 Å². The van der Waals surface area contributed by atoms with E-state index < -0.39 is 5.97 Å². The van der Waals surface area contributed by atoms with Crippen LogP contribution in [0.5, 0.6) is 0 Å². The third-order valence-corrected chi connectivity index (χ3v) is 4.85. The average Bonchev–Trinajstić information content (AvgIpc) is 3.09. The normalized spacial score (nSPS) is 10.6. The zero-order valence-corrected chi connectivity index (χ0v) is 15.5. The summed E-state index contributed by atoms with van der Waals surface area (Å²) in [5.74, 6) is -0.947. The molecular weight excluding hydrogens is 342 g/mol. The van der Waals surface area contributed by atoms with Gasteiger partial charge in [0.2, 0.25) is 5.91 Å². The minimum absolute atomic E-state index is 0.152. The third kappa shape index (κ3) is 4.54. The monoisotopic (exact) mass is 363 g/mol. The van der Waals surface area contributed by atoms with Gasteiger partial charge in [-0.1, -0.05) is 0 Å². The third-order valence-electron chi connectivity index (χ3n) is 3.54. The first-order valence-corrected chi connectivity index (χ1v) is 8.76. The quantitative estimate of drug-likeness (QED) is 0.603. The van der Waals surface area contributed by atoms with Crippen LogP contribution in [0.4, 0.5) is 5.00 Å². The Labute approximate surface area is 150 Å². The lowest BCUT2D eigenvalue weighted by atomic mass is 10.1. The van der Waals surface area contributed by atoms with Crippen LogP contribution in [-0.4, -0.2) is 34.0 Å². The molecule has 0 fully saturated rings. The fourth-order valence-corrected chi connectivity index (χ4v) is 3.49. The molecule has 0 unspecified atom stereocenters. The zero-order chi connectivity index (χ0) is 18.6. The molecule has 25 heavy (non-hydrogen) atoms. The topological polar surface area (TPSA) is 90.3 Å². The lowest BCUT2D eigenvalue weighted by Crippen LogP contribution is -2.16. The molecule has 0 bridgehead atoms. The van der Waals surface area contributed by atoms with Crippen LogP contribution in [0, 0.1) is 13.8 Å². The molecule has 2 rings (SSSR count). The van der Waals surface area contributed by atoms with Gasteiger partial charge in [-0.2, -0.15) is 5.10 Å². The Morgan fingerprint density at radius 3 is 2.60 bits per heavy atom. The van der Waals surface area contributed by atoms with Crippen LogP contribution in [-0.2, 0) is 16.1 Å². The number of carbonyl (C=O) groups is 3. The first-order chi connectivity index (χ1) is 11.8. The first-order valence-electron chi connectivity index (χ1n) is 7.94. The smallest absolute Gasteiger partial charge is 0.341 e. The zero-order valence-electron chi connectivity index (χ0n) is 14.7. The number of Topliss-reactive ketones (excluding diaryl/α,β-unsaturated/α-hetero) is 1. The maximum Gasteiger partial charge on any atom is 0.341 e. The number of ether oxygens (including phenoxy) is 1. The SMILES string of the molecule is CCOC(=O)c1c(NC(=O)CCn2ccc(C)n2)sc(C(C)=O)c1C. The summed E-state index contributed by atoms with van der Waals surface area (Å²) in [6.07, 6.45) is 2.01. The average molecular weight is 363 g/mol. The molecule has 2 aromatic rings. The number of hydrogen-bond donors (Lipinski definition) is 1. The number of thiophene rings is 1. The van der Waals surface area contributed by atoms with E-state index >= 15 is 0 Å². The summed E-state index contributed by atoms with van der Waals surface area (Å²) in [6.45, 7) is 7.34. The van der Waals surface area contributed by atoms with Gasteiger partial charge in [-0.05, 0) is 39.3 Å². The van der Waals surface area contributed by atoms with Crippen molar-refractivity contribution in [1.82, 2.24) is 9.78 Å². The number of esters is 1. The van der Waals surface area contributed by atoms with E-state index in [-0.39, 0.29) is 30.3 Å². The van der Waals surface area contributed by atoms with E-state index in [9.17, 15) is 14.4 Å². The number of aryl methyl sites for hydroxylation is 2. The number of anilines is 1. The van der Waals surface area contributed by atoms with Gasteiger partial charge < -0.3 is 10.1 Å². The molecule has 8 heteroatoms. The van der Waals surface area contributed by atoms with Crippen LogP contribution in [0.15, 0.2) is 12.3 Å². The number of ketones is 1. The van der Waals surface area contributed by atoms with Crippen molar-refractivity contribution in [2.75, 3.05) is 11.9 Å². The molecule has 134 valence electrons. The van der Waals surface area contributed by atoms with E-state index in [2.05, 4.69) is 10.4 Å². The summed E-state index contributed by atoms with van der Waals surface area (Å²) in [5.41, 5.74) is 1.67. The Morgan fingerprint density at radius 2 is 2.04 bits per heavy atom. The Balaban J connectivity index is 2.16. The van der Waals surface area contributed by atoms with Crippen molar-refractivity contribution in [1.29, 1.82) is 0 Å². The summed E-state index contributed by atoms with van der Waals surface area (Å²) >= 11 is 1.10. The molecule has 0 aliphatic rings. The van der Waals surface area contributed by atoms with Crippen molar-refractivity contribution >= 4 is 34.0 Å². The summed E-state index contributed by atoms with van der Waals surface area (Å²) in [7, 11) is 0. The fourth-order valence-electron chi connectivity index (χ4n) is 2.38. The van der Waals surface area contributed by atoms with Crippen LogP contribution in [0.25, 0.3) is 0 Å². The van der Waals surface area contributed by atoms with E-state index in [1.165, 1.54) is 6.92 Å². The lowest BCUT2D eigenvalue weighted by molar-refractivity contribution is -0.116. The summed E-state index contributed by atoms with van der Waals surface area (Å²) in [4.78, 5) is 36.6. The van der Waals surface area contributed by atoms with E-state index in [0.29, 0.717) is 22.0 Å². The predicted molar refractivity (Wildman–Crippen MR) is 95.2 cm³/mol. The number of rotatable bonds is 7. The van der Waals surface area contributed by atoms with Gasteiger partial charge in [0.25, 0.3) is 0 Å². The molecule has 0 aliphatic heterocycles. The number of hydrogen-bond acceptors (Lipinski definition) is 6. The van der Waals surface area contributed by atoms with Crippen molar-refractivity contribution in [3.8, 4) is 0 Å². The standard InChI is InChI=1S/C17H21N3O4S/c1-5-24-17(23)14-11(3)15(12(4)21)25-16(14)18-13(22)7-9-20-8-6-10(2)19-20/h6,8H,5,7,9H2,1-4H3,(H,18,22). The molecule has 0 saturated carbocycles. The predicted octanol–water partition coefficient (Wildman–Crippen LogP) is 2.97. The van der Waals surface area contributed by atoms with Crippen molar-refractivity contribution in [3.63, 3.8) is 0 Å². The second-order valence-electron chi connectivity index (χ2n) is 5.56. The van der Waals surface area contributed by atoms with E-state index in [1.54, 1.807) is 24.7 Å². The maximum absolute atomic E-state index is 12.2. The first kappa shape index (κ1) is 18.9. The summed E-state index contributed by atoms with van der Waals surface area (Å²) < 4.78 is 6.73. The summed E-state index contributed by atoms with van der Waals surface area (Å²) in [5, 5.41) is 7.30. The van der Waals surface area contributed by atoms with Crippen molar-refractivity contribution in [2.24, 2.45) is 0 Å². The molecule has 2 aromatic heterocycles. The van der Waals surface area contributed by atoms with Gasteiger partial charge in [-0.3, -0.25) is 14.3 Å². The second-order valence-corrected chi connectivity index (χ2v) is 6.58. The molecule has 7 nitrogen and oxygen atoms in total. The Bertz CT molecular complexity index is 807. The Morgan fingerprint density at radius 1 is 1.32 bits per heavy atom. The van der Waals surface area contributed by atoms with Gasteiger partial charge in [-0.25, -0.2) is 4.79 Å². The minimum atomic E-state index is -0.540.